The summed E-state index contributed by atoms with van der Waals surface area (Å²) >= 11 is 1.32. The number of nitrogens with one attached hydrogen (secondary N) is 2. The van der Waals surface area contributed by atoms with Crippen LogP contribution in [0, 0.1) is 0 Å². The lowest BCUT2D eigenvalue weighted by Crippen LogP contribution is -2.24. The second-order valence-electron chi connectivity index (χ2n) is 4.96. The van der Waals surface area contributed by atoms with Crippen LogP contribution in [0.3, 0.4) is 0 Å². The Hall–Kier alpha value is -2.35. The molecule has 0 saturated carbocycles. The van der Waals surface area contributed by atoms with Crippen molar-refractivity contribution in [1.29, 1.82) is 0 Å². The predicted molar refractivity (Wildman–Crippen MR) is 86.0 cm³/mol. The summed E-state index contributed by atoms with van der Waals surface area (Å²) in [6.45, 7) is 0.312. The Morgan fingerprint density at radius 1 is 1.12 bits per heavy atom. The monoisotopic (exact) mass is 356 g/mol. The summed E-state index contributed by atoms with van der Waals surface area (Å²) in [4.78, 5) is 24.0. The van der Waals surface area contributed by atoms with Gasteiger partial charge in [-0.05, 0) is 36.1 Å². The van der Waals surface area contributed by atoms with Crippen molar-refractivity contribution in [3.05, 3.63) is 52.2 Å². The molecule has 0 aliphatic rings. The number of anilines is 1. The van der Waals surface area contributed by atoms with Gasteiger partial charge in [-0.1, -0.05) is 12.1 Å². The van der Waals surface area contributed by atoms with E-state index in [4.69, 9.17) is 0 Å². The molecule has 0 atom stereocenters. The van der Waals surface area contributed by atoms with E-state index in [1.165, 1.54) is 23.5 Å². The molecule has 1 aromatic heterocycles. The van der Waals surface area contributed by atoms with Gasteiger partial charge < -0.3 is 10.6 Å². The number of carbonyl (C=O) groups excluding carboxylic acids is 2. The standard InChI is InChI=1S/C16H15F3N2O2S/c17-16(18,19)11-4-1-5-12(10-11)21-14(22)7-2-8-20-15(23)13-6-3-9-24-13/h1,3-6,9-10H,2,7-8H2,(H,20,23)(H,21,22). The highest BCUT2D eigenvalue weighted by Gasteiger charge is 2.30. The molecule has 2 N–H and O–H groups in total. The summed E-state index contributed by atoms with van der Waals surface area (Å²) in [5.74, 6) is -0.608. The van der Waals surface area contributed by atoms with E-state index in [0.29, 0.717) is 17.8 Å². The first-order valence-electron chi connectivity index (χ1n) is 7.15. The molecule has 8 heteroatoms. The molecule has 0 spiro atoms. The van der Waals surface area contributed by atoms with Gasteiger partial charge in [-0.3, -0.25) is 9.59 Å². The number of rotatable bonds is 6. The molecule has 0 aliphatic heterocycles. The number of amides is 2. The average Bonchev–Trinajstić information content (AvgIpc) is 3.05. The van der Waals surface area contributed by atoms with Crippen molar-refractivity contribution in [2.24, 2.45) is 0 Å². The number of hydrogen-bond donors (Lipinski definition) is 2. The lowest BCUT2D eigenvalue weighted by molar-refractivity contribution is -0.137. The zero-order valence-electron chi connectivity index (χ0n) is 12.5. The van der Waals surface area contributed by atoms with Gasteiger partial charge >= 0.3 is 6.18 Å². The first-order valence-corrected chi connectivity index (χ1v) is 8.03. The van der Waals surface area contributed by atoms with Crippen LogP contribution < -0.4 is 10.6 Å². The third-order valence-corrected chi connectivity index (χ3v) is 3.95. The van der Waals surface area contributed by atoms with Gasteiger partial charge in [0.05, 0.1) is 10.4 Å². The third-order valence-electron chi connectivity index (χ3n) is 3.08. The average molecular weight is 356 g/mol. The van der Waals surface area contributed by atoms with Gasteiger partial charge in [0.15, 0.2) is 0 Å². The molecule has 4 nitrogen and oxygen atoms in total. The van der Waals surface area contributed by atoms with Gasteiger partial charge in [0.25, 0.3) is 5.91 Å². The second-order valence-corrected chi connectivity index (χ2v) is 5.91. The van der Waals surface area contributed by atoms with Crippen LogP contribution in [-0.2, 0) is 11.0 Å². The van der Waals surface area contributed by atoms with E-state index in [9.17, 15) is 22.8 Å². The van der Waals surface area contributed by atoms with Crippen molar-refractivity contribution in [1.82, 2.24) is 5.32 Å². The van der Waals surface area contributed by atoms with Crippen LogP contribution in [0.2, 0.25) is 0 Å². The Labute approximate surface area is 140 Å². The van der Waals surface area contributed by atoms with E-state index in [0.717, 1.165) is 12.1 Å². The minimum atomic E-state index is -4.45. The number of carbonyl (C=O) groups is 2. The minimum absolute atomic E-state index is 0.0949. The third kappa shape index (κ3) is 5.38. The number of alkyl halides is 3. The van der Waals surface area contributed by atoms with E-state index >= 15 is 0 Å². The van der Waals surface area contributed by atoms with Gasteiger partial charge in [-0.15, -0.1) is 11.3 Å². The topological polar surface area (TPSA) is 58.2 Å². The zero-order valence-corrected chi connectivity index (χ0v) is 13.3. The summed E-state index contributed by atoms with van der Waals surface area (Å²) in [6.07, 6.45) is -3.96. The van der Waals surface area contributed by atoms with Crippen LogP contribution in [0.5, 0.6) is 0 Å². The quantitative estimate of drug-likeness (QED) is 0.771. The Morgan fingerprint density at radius 3 is 2.58 bits per heavy atom. The van der Waals surface area contributed by atoms with Gasteiger partial charge in [0.1, 0.15) is 0 Å². The Morgan fingerprint density at radius 2 is 1.92 bits per heavy atom. The zero-order chi connectivity index (χ0) is 17.6. The molecule has 2 amide bonds. The summed E-state index contributed by atoms with van der Waals surface area (Å²) in [5, 5.41) is 6.89. The number of benzene rings is 1. The molecular weight excluding hydrogens is 341 g/mol. The first kappa shape index (κ1) is 18.0. The van der Waals surface area contributed by atoms with Gasteiger partial charge in [-0.2, -0.15) is 13.2 Å². The molecule has 0 fully saturated rings. The maximum atomic E-state index is 12.6. The fourth-order valence-electron chi connectivity index (χ4n) is 1.94. The lowest BCUT2D eigenvalue weighted by Gasteiger charge is -2.10. The van der Waals surface area contributed by atoms with Crippen molar-refractivity contribution in [2.75, 3.05) is 11.9 Å². The smallest absolute Gasteiger partial charge is 0.351 e. The van der Waals surface area contributed by atoms with E-state index in [1.54, 1.807) is 17.5 Å². The summed E-state index contributed by atoms with van der Waals surface area (Å²) in [6, 6.07) is 7.92. The Bertz CT molecular complexity index is 700. The summed E-state index contributed by atoms with van der Waals surface area (Å²) in [7, 11) is 0. The lowest BCUT2D eigenvalue weighted by atomic mass is 10.2. The molecule has 1 heterocycles. The molecule has 0 aliphatic carbocycles. The number of hydrogen-bond acceptors (Lipinski definition) is 3. The molecule has 0 radical (unpaired) electrons. The molecular formula is C16H15F3N2O2S. The predicted octanol–water partition coefficient (Wildman–Crippen LogP) is 3.92. The van der Waals surface area contributed by atoms with Crippen LogP contribution in [0.1, 0.15) is 28.1 Å². The number of thiophene rings is 1. The molecule has 2 aromatic rings. The maximum Gasteiger partial charge on any atom is 0.416 e. The second kappa shape index (κ2) is 7.96. The summed E-state index contributed by atoms with van der Waals surface area (Å²) in [5.41, 5.74) is -0.721. The van der Waals surface area contributed by atoms with Gasteiger partial charge in [-0.25, -0.2) is 0 Å². The number of halogens is 3. The van der Waals surface area contributed by atoms with Crippen molar-refractivity contribution in [3.8, 4) is 0 Å². The van der Waals surface area contributed by atoms with E-state index in [1.807, 2.05) is 0 Å². The maximum absolute atomic E-state index is 12.6. The molecule has 2 rings (SSSR count). The van der Waals surface area contributed by atoms with Crippen molar-refractivity contribution >= 4 is 28.8 Å². The Balaban J connectivity index is 1.75. The normalized spacial score (nSPS) is 11.1. The van der Waals surface area contributed by atoms with Crippen molar-refractivity contribution < 1.29 is 22.8 Å². The van der Waals surface area contributed by atoms with Gasteiger partial charge in [0, 0.05) is 18.7 Å². The molecule has 0 saturated heterocycles. The molecule has 0 unspecified atom stereocenters. The fourth-order valence-corrected chi connectivity index (χ4v) is 2.58. The van der Waals surface area contributed by atoms with Gasteiger partial charge in [0.2, 0.25) is 5.91 Å². The van der Waals surface area contributed by atoms with E-state index in [-0.39, 0.29) is 18.0 Å². The summed E-state index contributed by atoms with van der Waals surface area (Å²) < 4.78 is 37.8. The van der Waals surface area contributed by atoms with Crippen molar-refractivity contribution in [2.45, 2.75) is 19.0 Å². The Kier molecular flexibility index (Phi) is 5.97. The van der Waals surface area contributed by atoms with Crippen molar-refractivity contribution in [3.63, 3.8) is 0 Å². The minimum Gasteiger partial charge on any atom is -0.351 e. The molecule has 24 heavy (non-hydrogen) atoms. The highest BCUT2D eigenvalue weighted by molar-refractivity contribution is 7.12. The molecule has 0 bridgehead atoms. The van der Waals surface area contributed by atoms with Crippen LogP contribution >= 0.6 is 11.3 Å². The van der Waals surface area contributed by atoms with Crippen LogP contribution in [-0.4, -0.2) is 18.4 Å². The van der Waals surface area contributed by atoms with Crippen LogP contribution in [0.4, 0.5) is 18.9 Å². The highest BCUT2D eigenvalue weighted by atomic mass is 32.1. The van der Waals surface area contributed by atoms with E-state index < -0.39 is 17.6 Å². The highest BCUT2D eigenvalue weighted by Crippen LogP contribution is 2.30. The fraction of sp³-hybridized carbons (Fsp3) is 0.250. The molecule has 128 valence electrons. The van der Waals surface area contributed by atoms with E-state index in [2.05, 4.69) is 10.6 Å². The SMILES string of the molecule is O=C(CCCNC(=O)c1cccs1)Nc1cccc(C(F)(F)F)c1. The first-order chi connectivity index (χ1) is 11.4. The molecule has 1 aromatic carbocycles. The van der Waals surface area contributed by atoms with Crippen LogP contribution in [0.15, 0.2) is 41.8 Å². The largest absolute Gasteiger partial charge is 0.416 e. The van der Waals surface area contributed by atoms with Crippen LogP contribution in [0.25, 0.3) is 0 Å².